The summed E-state index contributed by atoms with van der Waals surface area (Å²) in [6.45, 7) is 0. The van der Waals surface area contributed by atoms with Gasteiger partial charge in [-0.25, -0.2) is 24.0 Å². The van der Waals surface area contributed by atoms with E-state index in [0.717, 1.165) is 0 Å². The van der Waals surface area contributed by atoms with Gasteiger partial charge >= 0.3 is 0 Å². The molecule has 0 atom stereocenters. The molecular formula is C10H15ClN4O3S2. The van der Waals surface area contributed by atoms with Crippen LogP contribution in [0.25, 0.3) is 0 Å². The van der Waals surface area contributed by atoms with E-state index in [1.54, 1.807) is 0 Å². The van der Waals surface area contributed by atoms with Gasteiger partial charge in [0.25, 0.3) is 0 Å². The first-order valence-corrected chi connectivity index (χ1v) is 9.27. The van der Waals surface area contributed by atoms with Gasteiger partial charge in [-0.3, -0.25) is 4.21 Å². The Hall–Kier alpha value is -0.740. The van der Waals surface area contributed by atoms with Gasteiger partial charge in [-0.15, -0.1) is 0 Å². The highest BCUT2D eigenvalue weighted by Gasteiger charge is 2.24. The number of halogens is 1. The number of aromatic nitrogens is 1. The zero-order chi connectivity index (χ0) is 14.8. The van der Waals surface area contributed by atoms with Crippen LogP contribution in [-0.4, -0.2) is 35.2 Å². The lowest BCUT2D eigenvalue weighted by atomic mass is 10.2. The largest absolute Gasteiger partial charge is 0.307 e. The third-order valence-corrected chi connectivity index (χ3v) is 6.13. The van der Waals surface area contributed by atoms with E-state index in [-0.39, 0.29) is 21.8 Å². The van der Waals surface area contributed by atoms with E-state index in [0.29, 0.717) is 24.3 Å². The fourth-order valence-corrected chi connectivity index (χ4v) is 4.73. The molecule has 7 nitrogen and oxygen atoms in total. The predicted octanol–water partition coefficient (Wildman–Crippen LogP) is 0.210. The van der Waals surface area contributed by atoms with Crippen LogP contribution in [0.4, 0.5) is 5.82 Å². The van der Waals surface area contributed by atoms with Crippen LogP contribution in [0.1, 0.15) is 12.8 Å². The number of nitrogens with zero attached hydrogens (tertiary/aromatic N) is 1. The van der Waals surface area contributed by atoms with Crippen molar-refractivity contribution in [3.05, 3.63) is 17.3 Å². The second kappa shape index (κ2) is 6.35. The molecule has 0 radical (unpaired) electrons. The Kier molecular flexibility index (Phi) is 4.97. The second-order valence-electron chi connectivity index (χ2n) is 4.39. The highest BCUT2D eigenvalue weighted by atomic mass is 35.5. The standard InChI is InChI=1S/C10H15ClN4O3S2/c11-9-5-8(6-13-10(9)14-12)20(17,18)15-7-1-3-19(16)4-2-7/h5-7,15H,1-4,12H2,(H,13,14). The molecule has 2 rings (SSSR count). The zero-order valence-corrected chi connectivity index (χ0v) is 12.9. The van der Waals surface area contributed by atoms with Gasteiger partial charge < -0.3 is 5.43 Å². The minimum absolute atomic E-state index is 0.0202. The summed E-state index contributed by atoms with van der Waals surface area (Å²) in [6.07, 6.45) is 2.31. The van der Waals surface area contributed by atoms with Gasteiger partial charge in [0, 0.05) is 34.5 Å². The molecule has 1 fully saturated rings. The lowest BCUT2D eigenvalue weighted by Crippen LogP contribution is -2.39. The monoisotopic (exact) mass is 338 g/mol. The number of rotatable bonds is 4. The van der Waals surface area contributed by atoms with E-state index in [9.17, 15) is 12.6 Å². The Morgan fingerprint density at radius 2 is 2.05 bits per heavy atom. The smallest absolute Gasteiger partial charge is 0.242 e. The van der Waals surface area contributed by atoms with Crippen LogP contribution >= 0.6 is 11.6 Å². The molecule has 1 aromatic heterocycles. The van der Waals surface area contributed by atoms with Gasteiger partial charge in [0.15, 0.2) is 5.82 Å². The molecule has 0 unspecified atom stereocenters. The van der Waals surface area contributed by atoms with Crippen molar-refractivity contribution in [3.8, 4) is 0 Å². The lowest BCUT2D eigenvalue weighted by Gasteiger charge is -2.22. The summed E-state index contributed by atoms with van der Waals surface area (Å²) < 4.78 is 38.2. The number of nitrogens with one attached hydrogen (secondary N) is 2. The molecule has 20 heavy (non-hydrogen) atoms. The quantitative estimate of drug-likeness (QED) is 0.534. The van der Waals surface area contributed by atoms with Crippen LogP contribution in [0.5, 0.6) is 0 Å². The number of hydrogen-bond acceptors (Lipinski definition) is 6. The fraction of sp³-hybridized carbons (Fsp3) is 0.500. The molecule has 0 spiro atoms. The van der Waals surface area contributed by atoms with Crippen molar-refractivity contribution in [1.82, 2.24) is 9.71 Å². The second-order valence-corrected chi connectivity index (χ2v) is 8.21. The molecule has 0 bridgehead atoms. The maximum Gasteiger partial charge on any atom is 0.242 e. The zero-order valence-electron chi connectivity index (χ0n) is 10.5. The van der Waals surface area contributed by atoms with Crippen LogP contribution in [0.3, 0.4) is 0 Å². The first kappa shape index (κ1) is 15.6. The number of nitrogen functional groups attached to an aromatic ring is 1. The first-order valence-electron chi connectivity index (χ1n) is 5.92. The van der Waals surface area contributed by atoms with Gasteiger partial charge in [0.2, 0.25) is 10.0 Å². The number of hydrogen-bond donors (Lipinski definition) is 3. The molecular weight excluding hydrogens is 324 g/mol. The van der Waals surface area contributed by atoms with Crippen LogP contribution in [0.2, 0.25) is 5.02 Å². The summed E-state index contributed by atoms with van der Waals surface area (Å²) in [5.41, 5.74) is 2.27. The highest BCUT2D eigenvalue weighted by Crippen LogP contribution is 2.22. The van der Waals surface area contributed by atoms with Gasteiger partial charge in [0.1, 0.15) is 4.90 Å². The number of hydrazine groups is 1. The Morgan fingerprint density at radius 1 is 1.40 bits per heavy atom. The fourth-order valence-electron chi connectivity index (χ4n) is 1.87. The lowest BCUT2D eigenvalue weighted by molar-refractivity contribution is 0.521. The van der Waals surface area contributed by atoms with Crippen molar-refractivity contribution in [2.75, 3.05) is 16.9 Å². The summed E-state index contributed by atoms with van der Waals surface area (Å²) in [7, 11) is -4.52. The van der Waals surface area contributed by atoms with Crippen molar-refractivity contribution in [1.29, 1.82) is 0 Å². The molecule has 0 amide bonds. The maximum atomic E-state index is 12.2. The van der Waals surface area contributed by atoms with E-state index in [4.69, 9.17) is 17.4 Å². The molecule has 0 aromatic carbocycles. The van der Waals surface area contributed by atoms with Crippen LogP contribution in [-0.2, 0) is 20.8 Å². The summed E-state index contributed by atoms with van der Waals surface area (Å²) in [6, 6.07) is 1.08. The predicted molar refractivity (Wildman–Crippen MR) is 78.3 cm³/mol. The topological polar surface area (TPSA) is 114 Å². The van der Waals surface area contributed by atoms with Crippen molar-refractivity contribution in [3.63, 3.8) is 0 Å². The molecule has 0 saturated carbocycles. The molecule has 112 valence electrons. The van der Waals surface area contributed by atoms with Gasteiger partial charge in [-0.1, -0.05) is 11.6 Å². The summed E-state index contributed by atoms with van der Waals surface area (Å²) in [4.78, 5) is 3.81. The number of pyridine rings is 1. The summed E-state index contributed by atoms with van der Waals surface area (Å²) in [5.74, 6) is 6.42. The Bertz CT molecular complexity index is 613. The molecule has 4 N–H and O–H groups in total. The SMILES string of the molecule is NNc1ncc(S(=O)(=O)NC2CCS(=O)CC2)cc1Cl. The van der Waals surface area contributed by atoms with E-state index in [1.165, 1.54) is 12.3 Å². The average Bonchev–Trinajstić information content (AvgIpc) is 2.41. The minimum Gasteiger partial charge on any atom is -0.307 e. The van der Waals surface area contributed by atoms with Crippen molar-refractivity contribution < 1.29 is 12.6 Å². The molecule has 1 aliphatic rings. The normalized spacial score (nSPS) is 23.5. The Balaban J connectivity index is 2.14. The van der Waals surface area contributed by atoms with Gasteiger partial charge in [-0.2, -0.15) is 0 Å². The van der Waals surface area contributed by atoms with Gasteiger partial charge in [0.05, 0.1) is 5.02 Å². The van der Waals surface area contributed by atoms with Crippen LogP contribution < -0.4 is 16.0 Å². The maximum absolute atomic E-state index is 12.2. The van der Waals surface area contributed by atoms with Crippen LogP contribution in [0.15, 0.2) is 17.2 Å². The molecule has 2 heterocycles. The van der Waals surface area contributed by atoms with Crippen LogP contribution in [0, 0.1) is 0 Å². The van der Waals surface area contributed by atoms with Gasteiger partial charge in [-0.05, 0) is 18.9 Å². The number of sulfonamides is 1. The molecule has 0 aliphatic carbocycles. The van der Waals surface area contributed by atoms with E-state index < -0.39 is 20.8 Å². The van der Waals surface area contributed by atoms with Crippen molar-refractivity contribution in [2.24, 2.45) is 5.84 Å². The average molecular weight is 339 g/mol. The third-order valence-electron chi connectivity index (χ3n) is 2.97. The third kappa shape index (κ3) is 3.67. The summed E-state index contributed by atoms with van der Waals surface area (Å²) >= 11 is 5.86. The molecule has 1 saturated heterocycles. The van der Waals surface area contributed by atoms with Crippen molar-refractivity contribution >= 4 is 38.2 Å². The molecule has 1 aromatic rings. The van der Waals surface area contributed by atoms with Crippen molar-refractivity contribution in [2.45, 2.75) is 23.8 Å². The Morgan fingerprint density at radius 3 is 2.60 bits per heavy atom. The minimum atomic E-state index is -3.69. The summed E-state index contributed by atoms with van der Waals surface area (Å²) in [5, 5.41) is 0.125. The number of anilines is 1. The van der Waals surface area contributed by atoms with E-state index >= 15 is 0 Å². The number of nitrogens with two attached hydrogens (primary N) is 1. The van der Waals surface area contributed by atoms with E-state index in [1.807, 2.05) is 0 Å². The van der Waals surface area contributed by atoms with E-state index in [2.05, 4.69) is 15.1 Å². The molecule has 1 aliphatic heterocycles. The Labute approximate surface area is 124 Å². The molecule has 10 heteroatoms. The highest BCUT2D eigenvalue weighted by molar-refractivity contribution is 7.89. The first-order chi connectivity index (χ1) is 9.42.